The van der Waals surface area contributed by atoms with E-state index < -0.39 is 0 Å². The fraction of sp³-hybridized carbons (Fsp3) is 0.414. The van der Waals surface area contributed by atoms with Gasteiger partial charge in [-0.25, -0.2) is 0 Å². The molecule has 3 heterocycles. The highest BCUT2D eigenvalue weighted by Gasteiger charge is 2.30. The van der Waals surface area contributed by atoms with E-state index in [1.54, 1.807) is 12.4 Å². The Morgan fingerprint density at radius 2 is 1.69 bits per heavy atom. The number of pyridine rings is 1. The number of aryl methyl sites for hydroxylation is 1. The second kappa shape index (κ2) is 9.90. The topological polar surface area (TPSA) is 82.2 Å². The summed E-state index contributed by atoms with van der Waals surface area (Å²) in [6.07, 6.45) is 11.6. The van der Waals surface area contributed by atoms with E-state index in [0.717, 1.165) is 72.5 Å². The van der Waals surface area contributed by atoms with Crippen molar-refractivity contribution in [1.82, 2.24) is 14.8 Å². The van der Waals surface area contributed by atoms with Crippen LogP contribution in [0.1, 0.15) is 60.2 Å². The Morgan fingerprint density at radius 3 is 2.44 bits per heavy atom. The van der Waals surface area contributed by atoms with Gasteiger partial charge < -0.3 is 14.5 Å². The van der Waals surface area contributed by atoms with Gasteiger partial charge in [0.1, 0.15) is 5.76 Å². The molecule has 1 saturated heterocycles. The number of carbonyl (C=O) groups excluding carboxylic acids is 1. The number of piperazine rings is 1. The van der Waals surface area contributed by atoms with Crippen molar-refractivity contribution in [3.8, 4) is 22.5 Å². The first kappa shape index (κ1) is 23.0. The van der Waals surface area contributed by atoms with Gasteiger partial charge in [0.2, 0.25) is 0 Å². The molecule has 3 aromatic rings. The predicted molar refractivity (Wildman–Crippen MR) is 138 cm³/mol. The van der Waals surface area contributed by atoms with E-state index in [1.165, 1.54) is 32.1 Å². The van der Waals surface area contributed by atoms with E-state index in [0.29, 0.717) is 17.6 Å². The van der Waals surface area contributed by atoms with Crippen LogP contribution in [-0.2, 0) is 6.42 Å². The van der Waals surface area contributed by atoms with E-state index in [4.69, 9.17) is 4.42 Å². The lowest BCUT2D eigenvalue weighted by atomic mass is 9.94. The maximum atomic E-state index is 13.5. The lowest BCUT2D eigenvalue weighted by Gasteiger charge is -2.40. The Kier molecular flexibility index (Phi) is 6.32. The Balaban J connectivity index is 1.27. The number of amides is 1. The third-order valence-corrected chi connectivity index (χ3v) is 8.06. The first-order chi connectivity index (χ1) is 17.7. The molecule has 7 heteroatoms. The van der Waals surface area contributed by atoms with Crippen LogP contribution in [-0.4, -0.2) is 63.8 Å². The fourth-order valence-corrected chi connectivity index (χ4v) is 6.06. The van der Waals surface area contributed by atoms with Crippen LogP contribution < -0.4 is 0 Å². The minimum Gasteiger partial charge on any atom is -0.450 e. The standard InChI is InChI=1S/C29H32N4O3/c34-29(33-16-14-32(15-17-33)23-4-2-1-3-5-23)27-19-25(28(36-27)20-10-12-30-13-11-20)22-6-8-24-21(18-22)7-9-26(24)31-35/h6,8,10-13,18-19,23,35H,1-5,7,9,14-17H2/b31-26+. The van der Waals surface area contributed by atoms with Crippen molar-refractivity contribution < 1.29 is 14.4 Å². The lowest BCUT2D eigenvalue weighted by molar-refractivity contribution is 0.0498. The third kappa shape index (κ3) is 4.32. The van der Waals surface area contributed by atoms with E-state index in [2.05, 4.69) is 21.1 Å². The van der Waals surface area contributed by atoms with Gasteiger partial charge >= 0.3 is 0 Å². The molecule has 0 bridgehead atoms. The number of carbonyl (C=O) groups is 1. The van der Waals surface area contributed by atoms with Crippen molar-refractivity contribution >= 4 is 11.6 Å². The summed E-state index contributed by atoms with van der Waals surface area (Å²) in [6.45, 7) is 3.33. The summed E-state index contributed by atoms with van der Waals surface area (Å²) in [4.78, 5) is 22.2. The molecule has 1 N–H and O–H groups in total. The van der Waals surface area contributed by atoms with Gasteiger partial charge in [-0.3, -0.25) is 14.7 Å². The highest BCUT2D eigenvalue weighted by atomic mass is 16.4. The van der Waals surface area contributed by atoms with Crippen LogP contribution in [0.3, 0.4) is 0 Å². The highest BCUT2D eigenvalue weighted by Crippen LogP contribution is 2.37. The number of furan rings is 1. The fourth-order valence-electron chi connectivity index (χ4n) is 6.06. The van der Waals surface area contributed by atoms with Gasteiger partial charge in [0.25, 0.3) is 5.91 Å². The van der Waals surface area contributed by atoms with E-state index in [-0.39, 0.29) is 5.91 Å². The van der Waals surface area contributed by atoms with Crippen LogP contribution in [0.5, 0.6) is 0 Å². The van der Waals surface area contributed by atoms with Crippen LogP contribution in [0, 0.1) is 0 Å². The van der Waals surface area contributed by atoms with Crippen LogP contribution >= 0.6 is 0 Å². The first-order valence-corrected chi connectivity index (χ1v) is 13.1. The summed E-state index contributed by atoms with van der Waals surface area (Å²) in [5.41, 5.74) is 5.63. The predicted octanol–water partition coefficient (Wildman–Crippen LogP) is 5.22. The highest BCUT2D eigenvalue weighted by molar-refractivity contribution is 6.05. The Hall–Kier alpha value is -3.45. The Morgan fingerprint density at radius 1 is 0.917 bits per heavy atom. The molecule has 3 aliphatic rings. The molecule has 6 rings (SSSR count). The Bertz CT molecular complexity index is 1270. The number of fused-ring (bicyclic) bond motifs is 1. The molecule has 1 aliphatic heterocycles. The van der Waals surface area contributed by atoms with Gasteiger partial charge in [0.15, 0.2) is 5.76 Å². The van der Waals surface area contributed by atoms with Gasteiger partial charge in [-0.15, -0.1) is 0 Å². The van der Waals surface area contributed by atoms with E-state index >= 15 is 0 Å². The maximum Gasteiger partial charge on any atom is 0.289 e. The largest absolute Gasteiger partial charge is 0.450 e. The molecule has 36 heavy (non-hydrogen) atoms. The zero-order valence-corrected chi connectivity index (χ0v) is 20.5. The normalized spacial score (nSPS) is 20.1. The molecule has 2 aliphatic carbocycles. The van der Waals surface area contributed by atoms with Crippen molar-refractivity contribution in [2.45, 2.75) is 51.0 Å². The second-order valence-corrected chi connectivity index (χ2v) is 10.1. The average molecular weight is 485 g/mol. The number of oxime groups is 1. The van der Waals surface area contributed by atoms with Crippen molar-refractivity contribution in [3.63, 3.8) is 0 Å². The number of hydrogen-bond acceptors (Lipinski definition) is 6. The minimum atomic E-state index is -0.0456. The van der Waals surface area contributed by atoms with E-state index in [9.17, 15) is 10.0 Å². The van der Waals surface area contributed by atoms with Crippen molar-refractivity contribution in [3.05, 3.63) is 65.7 Å². The molecule has 0 spiro atoms. The van der Waals surface area contributed by atoms with Crippen molar-refractivity contribution in [2.75, 3.05) is 26.2 Å². The van der Waals surface area contributed by atoms with Gasteiger partial charge in [0.05, 0.1) is 5.71 Å². The number of hydrogen-bond donors (Lipinski definition) is 1. The van der Waals surface area contributed by atoms with Crippen LogP contribution in [0.25, 0.3) is 22.5 Å². The zero-order chi connectivity index (χ0) is 24.5. The molecule has 186 valence electrons. The number of nitrogens with zero attached hydrogens (tertiary/aromatic N) is 4. The molecule has 0 radical (unpaired) electrons. The minimum absolute atomic E-state index is 0.0456. The van der Waals surface area contributed by atoms with Gasteiger partial charge in [-0.05, 0) is 55.0 Å². The van der Waals surface area contributed by atoms with Crippen molar-refractivity contribution in [2.24, 2.45) is 5.16 Å². The third-order valence-electron chi connectivity index (χ3n) is 8.06. The SMILES string of the molecule is O=C(c1cc(-c2ccc3c(c2)CC/C3=N\O)c(-c2ccncc2)o1)N1CCN(C2CCCCC2)CC1. The monoisotopic (exact) mass is 484 g/mol. The summed E-state index contributed by atoms with van der Waals surface area (Å²) >= 11 is 0. The maximum absolute atomic E-state index is 13.5. The molecular weight excluding hydrogens is 452 g/mol. The van der Waals surface area contributed by atoms with Crippen LogP contribution in [0.4, 0.5) is 0 Å². The molecule has 7 nitrogen and oxygen atoms in total. The number of rotatable bonds is 4. The van der Waals surface area contributed by atoms with Crippen molar-refractivity contribution in [1.29, 1.82) is 0 Å². The molecule has 1 aromatic carbocycles. The first-order valence-electron chi connectivity index (χ1n) is 13.1. The summed E-state index contributed by atoms with van der Waals surface area (Å²) in [5.74, 6) is 1.01. The van der Waals surface area contributed by atoms with Gasteiger partial charge in [-0.2, -0.15) is 0 Å². The second-order valence-electron chi connectivity index (χ2n) is 10.1. The molecule has 1 amide bonds. The molecule has 2 fully saturated rings. The molecule has 0 unspecified atom stereocenters. The molecule has 0 atom stereocenters. The van der Waals surface area contributed by atoms with Crippen LogP contribution in [0.2, 0.25) is 0 Å². The summed E-state index contributed by atoms with van der Waals surface area (Å²) in [7, 11) is 0. The average Bonchev–Trinajstić information content (AvgIpc) is 3.58. The van der Waals surface area contributed by atoms with Crippen LogP contribution in [0.15, 0.2) is 58.4 Å². The molecule has 2 aromatic heterocycles. The van der Waals surface area contributed by atoms with Gasteiger partial charge in [-0.1, -0.05) is 42.6 Å². The van der Waals surface area contributed by atoms with Gasteiger partial charge in [0, 0.05) is 61.3 Å². The summed E-state index contributed by atoms with van der Waals surface area (Å²) in [6, 6.07) is 12.5. The number of benzene rings is 1. The quantitative estimate of drug-likeness (QED) is 0.405. The number of aromatic nitrogens is 1. The lowest BCUT2D eigenvalue weighted by Crippen LogP contribution is -2.52. The zero-order valence-electron chi connectivity index (χ0n) is 20.5. The van der Waals surface area contributed by atoms with E-state index in [1.807, 2.05) is 35.2 Å². The molecular formula is C29H32N4O3. The molecule has 1 saturated carbocycles. The smallest absolute Gasteiger partial charge is 0.289 e. The summed E-state index contributed by atoms with van der Waals surface area (Å²) < 4.78 is 6.28. The summed E-state index contributed by atoms with van der Waals surface area (Å²) in [5, 5.41) is 12.7. The Labute approximate surface area is 211 Å².